The van der Waals surface area contributed by atoms with E-state index in [1.807, 2.05) is 56.3 Å². The van der Waals surface area contributed by atoms with Crippen LogP contribution in [0.25, 0.3) is 33.1 Å². The molecule has 0 unspecified atom stereocenters. The molecule has 1 N–H and O–H groups in total. The van der Waals surface area contributed by atoms with Crippen LogP contribution in [0.1, 0.15) is 21.5 Å². The lowest BCUT2D eigenvalue weighted by atomic mass is 9.99. The van der Waals surface area contributed by atoms with Crippen molar-refractivity contribution in [1.29, 1.82) is 0 Å². The van der Waals surface area contributed by atoms with E-state index < -0.39 is 5.91 Å². The third-order valence-corrected chi connectivity index (χ3v) is 5.51. The standard InChI is InChI=1S/C26H20N4O2/c1-16-11-12-18(17(2)13-16)24-14-21(19-7-3-6-10-23(19)28-24)25(31)29-30-15-27-22-9-5-4-8-20(22)26(30)32/h3-15H,1-2H3,(H,29,31). The molecule has 1 amide bonds. The van der Waals surface area contributed by atoms with E-state index in [-0.39, 0.29) is 5.56 Å². The first-order valence-corrected chi connectivity index (χ1v) is 10.3. The molecule has 32 heavy (non-hydrogen) atoms. The summed E-state index contributed by atoms with van der Waals surface area (Å²) in [6.07, 6.45) is 1.33. The Hall–Kier alpha value is -4.32. The number of rotatable bonds is 3. The van der Waals surface area contributed by atoms with E-state index >= 15 is 0 Å². The van der Waals surface area contributed by atoms with Gasteiger partial charge in [0.25, 0.3) is 11.5 Å². The van der Waals surface area contributed by atoms with Crippen LogP contribution in [-0.4, -0.2) is 20.6 Å². The number of benzene rings is 3. The fourth-order valence-corrected chi connectivity index (χ4v) is 3.92. The highest BCUT2D eigenvalue weighted by Crippen LogP contribution is 2.27. The van der Waals surface area contributed by atoms with E-state index in [0.29, 0.717) is 33.1 Å². The Labute approximate surface area is 184 Å². The van der Waals surface area contributed by atoms with Crippen LogP contribution in [-0.2, 0) is 0 Å². The molecule has 0 fully saturated rings. The van der Waals surface area contributed by atoms with Crippen molar-refractivity contribution < 1.29 is 4.79 Å². The predicted octanol–water partition coefficient (Wildman–Crippen LogP) is 4.61. The first-order chi connectivity index (χ1) is 15.5. The van der Waals surface area contributed by atoms with Gasteiger partial charge in [0.2, 0.25) is 0 Å². The summed E-state index contributed by atoms with van der Waals surface area (Å²) in [5.74, 6) is -0.409. The maximum absolute atomic E-state index is 13.3. The van der Waals surface area contributed by atoms with Crippen molar-refractivity contribution in [3.05, 3.63) is 106 Å². The zero-order valence-electron chi connectivity index (χ0n) is 17.7. The first-order valence-electron chi connectivity index (χ1n) is 10.3. The van der Waals surface area contributed by atoms with Crippen LogP contribution in [0.3, 0.4) is 0 Å². The minimum Gasteiger partial charge on any atom is -0.267 e. The number of amides is 1. The van der Waals surface area contributed by atoms with Gasteiger partial charge in [-0.15, -0.1) is 0 Å². The van der Waals surface area contributed by atoms with Crippen molar-refractivity contribution in [3.8, 4) is 11.3 Å². The van der Waals surface area contributed by atoms with Gasteiger partial charge in [0.1, 0.15) is 6.33 Å². The summed E-state index contributed by atoms with van der Waals surface area (Å²) >= 11 is 0. The Morgan fingerprint density at radius 2 is 1.59 bits per heavy atom. The summed E-state index contributed by atoms with van der Waals surface area (Å²) in [6, 6.07) is 22.4. The van der Waals surface area contributed by atoms with Crippen LogP contribution in [0.2, 0.25) is 0 Å². The Bertz CT molecular complexity index is 1570. The molecule has 6 heteroatoms. The van der Waals surface area contributed by atoms with Gasteiger partial charge >= 0.3 is 0 Å². The molecule has 0 aliphatic carbocycles. The lowest BCUT2D eigenvalue weighted by Gasteiger charge is -2.13. The molecular formula is C26H20N4O2. The highest BCUT2D eigenvalue weighted by atomic mass is 16.2. The molecule has 2 heterocycles. The highest BCUT2D eigenvalue weighted by molar-refractivity contribution is 6.10. The number of aryl methyl sites for hydroxylation is 2. The topological polar surface area (TPSA) is 76.9 Å². The molecule has 0 saturated heterocycles. The number of fused-ring (bicyclic) bond motifs is 2. The summed E-state index contributed by atoms with van der Waals surface area (Å²) in [5, 5.41) is 1.14. The highest BCUT2D eigenvalue weighted by Gasteiger charge is 2.16. The van der Waals surface area contributed by atoms with E-state index in [1.165, 1.54) is 6.33 Å². The van der Waals surface area contributed by atoms with Crippen LogP contribution < -0.4 is 11.0 Å². The van der Waals surface area contributed by atoms with Gasteiger partial charge in [0, 0.05) is 10.9 Å². The smallest absolute Gasteiger partial charge is 0.267 e. The van der Waals surface area contributed by atoms with Gasteiger partial charge in [0.05, 0.1) is 27.7 Å². The van der Waals surface area contributed by atoms with Crippen LogP contribution in [0, 0.1) is 13.8 Å². The molecule has 5 rings (SSSR count). The molecular weight excluding hydrogens is 400 g/mol. The van der Waals surface area contributed by atoms with Gasteiger partial charge in [-0.3, -0.25) is 15.0 Å². The van der Waals surface area contributed by atoms with Crippen LogP contribution in [0.5, 0.6) is 0 Å². The Balaban J connectivity index is 1.62. The second kappa shape index (κ2) is 7.74. The van der Waals surface area contributed by atoms with E-state index in [2.05, 4.69) is 16.5 Å². The monoisotopic (exact) mass is 420 g/mol. The minimum atomic E-state index is -0.409. The van der Waals surface area contributed by atoms with Gasteiger partial charge in [-0.25, -0.2) is 14.6 Å². The number of nitrogens with one attached hydrogen (secondary N) is 1. The molecule has 2 aromatic heterocycles. The lowest BCUT2D eigenvalue weighted by molar-refractivity contribution is 0.101. The lowest BCUT2D eigenvalue weighted by Crippen LogP contribution is -2.33. The molecule has 0 radical (unpaired) electrons. The maximum atomic E-state index is 13.3. The van der Waals surface area contributed by atoms with Crippen molar-refractivity contribution in [2.45, 2.75) is 13.8 Å². The largest absolute Gasteiger partial charge is 0.280 e. The zero-order chi connectivity index (χ0) is 22.2. The normalized spacial score (nSPS) is 11.1. The number of para-hydroxylation sites is 2. The van der Waals surface area contributed by atoms with Gasteiger partial charge in [-0.1, -0.05) is 54.1 Å². The van der Waals surface area contributed by atoms with Gasteiger partial charge < -0.3 is 0 Å². The predicted molar refractivity (Wildman–Crippen MR) is 126 cm³/mol. The number of hydrogen-bond acceptors (Lipinski definition) is 4. The fourth-order valence-electron chi connectivity index (χ4n) is 3.92. The van der Waals surface area contributed by atoms with E-state index in [0.717, 1.165) is 21.4 Å². The quantitative estimate of drug-likeness (QED) is 0.462. The van der Waals surface area contributed by atoms with Gasteiger partial charge in [-0.2, -0.15) is 0 Å². The second-order valence-electron chi connectivity index (χ2n) is 7.77. The Morgan fingerprint density at radius 3 is 2.38 bits per heavy atom. The van der Waals surface area contributed by atoms with Crippen LogP contribution in [0.4, 0.5) is 0 Å². The molecule has 5 aromatic rings. The van der Waals surface area contributed by atoms with Crippen molar-refractivity contribution in [1.82, 2.24) is 14.6 Å². The Morgan fingerprint density at radius 1 is 0.875 bits per heavy atom. The molecule has 156 valence electrons. The zero-order valence-corrected chi connectivity index (χ0v) is 17.7. The summed E-state index contributed by atoms with van der Waals surface area (Å²) in [4.78, 5) is 35.2. The fraction of sp³-hybridized carbons (Fsp3) is 0.0769. The molecule has 0 spiro atoms. The Kier molecular flexibility index (Phi) is 4.75. The second-order valence-corrected chi connectivity index (χ2v) is 7.77. The molecule has 6 nitrogen and oxygen atoms in total. The van der Waals surface area contributed by atoms with Crippen molar-refractivity contribution in [2.24, 2.45) is 0 Å². The number of carbonyl (C=O) groups excluding carboxylic acids is 1. The number of aromatic nitrogens is 3. The number of carbonyl (C=O) groups is 1. The maximum Gasteiger partial charge on any atom is 0.280 e. The molecule has 0 saturated carbocycles. The minimum absolute atomic E-state index is 0.336. The van der Waals surface area contributed by atoms with Crippen LogP contribution >= 0.6 is 0 Å². The number of nitrogens with zero attached hydrogens (tertiary/aromatic N) is 3. The number of hydrogen-bond donors (Lipinski definition) is 1. The van der Waals surface area contributed by atoms with Gasteiger partial charge in [0.15, 0.2) is 0 Å². The summed E-state index contributed by atoms with van der Waals surface area (Å²) in [6.45, 7) is 4.07. The van der Waals surface area contributed by atoms with Crippen molar-refractivity contribution in [2.75, 3.05) is 5.43 Å². The first kappa shape index (κ1) is 19.6. The third-order valence-electron chi connectivity index (χ3n) is 5.51. The van der Waals surface area contributed by atoms with E-state index in [1.54, 1.807) is 24.3 Å². The molecule has 0 aliphatic heterocycles. The van der Waals surface area contributed by atoms with Gasteiger partial charge in [-0.05, 0) is 43.7 Å². The summed E-state index contributed by atoms with van der Waals surface area (Å²) in [5.41, 5.74) is 7.97. The summed E-state index contributed by atoms with van der Waals surface area (Å²) in [7, 11) is 0. The van der Waals surface area contributed by atoms with Crippen molar-refractivity contribution in [3.63, 3.8) is 0 Å². The average molecular weight is 420 g/mol. The summed E-state index contributed by atoms with van der Waals surface area (Å²) < 4.78 is 1.12. The molecule has 0 aliphatic rings. The SMILES string of the molecule is Cc1ccc(-c2cc(C(=O)Nn3cnc4ccccc4c3=O)c3ccccc3n2)c(C)c1. The number of pyridine rings is 1. The van der Waals surface area contributed by atoms with Crippen LogP contribution in [0.15, 0.2) is 83.9 Å². The average Bonchev–Trinajstić information content (AvgIpc) is 2.80. The third kappa shape index (κ3) is 3.41. The van der Waals surface area contributed by atoms with Crippen molar-refractivity contribution >= 4 is 27.7 Å². The molecule has 0 bridgehead atoms. The molecule has 3 aromatic carbocycles. The van der Waals surface area contributed by atoms with E-state index in [9.17, 15) is 9.59 Å². The molecule has 0 atom stereocenters. The van der Waals surface area contributed by atoms with E-state index in [4.69, 9.17) is 4.98 Å².